The first kappa shape index (κ1) is 15.0. The summed E-state index contributed by atoms with van der Waals surface area (Å²) in [5.41, 5.74) is 0. The third kappa shape index (κ3) is 4.27. The predicted octanol–water partition coefficient (Wildman–Crippen LogP) is 2.12. The Hall–Kier alpha value is -0.430. The number of rotatable bonds is 7. The molecule has 6 heteroatoms. The van der Waals surface area contributed by atoms with Crippen LogP contribution in [0.25, 0.3) is 0 Å². The maximum Gasteiger partial charge on any atom is 0.212 e. The smallest absolute Gasteiger partial charge is 0.212 e. The lowest BCUT2D eigenvalue weighted by Gasteiger charge is -2.23. The lowest BCUT2D eigenvalue weighted by atomic mass is 9.97. The number of hydrogen-bond donors (Lipinski definition) is 2. The zero-order valence-corrected chi connectivity index (χ0v) is 12.9. The van der Waals surface area contributed by atoms with Crippen LogP contribution in [0.15, 0.2) is 17.5 Å². The van der Waals surface area contributed by atoms with Crippen LogP contribution in [0, 0.1) is 5.92 Å². The molecule has 1 unspecified atom stereocenters. The van der Waals surface area contributed by atoms with Gasteiger partial charge in [-0.2, -0.15) is 0 Å². The minimum Gasteiger partial charge on any atom is -0.308 e. The number of thiophene rings is 1. The highest BCUT2D eigenvalue weighted by molar-refractivity contribution is 7.89. The van der Waals surface area contributed by atoms with Crippen molar-refractivity contribution in [1.82, 2.24) is 10.0 Å². The van der Waals surface area contributed by atoms with Gasteiger partial charge in [-0.25, -0.2) is 13.1 Å². The van der Waals surface area contributed by atoms with Crippen molar-refractivity contribution in [1.29, 1.82) is 0 Å². The van der Waals surface area contributed by atoms with Gasteiger partial charge in [-0.05, 0) is 37.3 Å². The normalized spacial score (nSPS) is 18.8. The van der Waals surface area contributed by atoms with Crippen LogP contribution in [0.5, 0.6) is 0 Å². The third-order valence-corrected chi connectivity index (χ3v) is 6.09. The first-order valence-electron chi connectivity index (χ1n) is 6.80. The Balaban J connectivity index is 1.95. The van der Waals surface area contributed by atoms with E-state index in [-0.39, 0.29) is 5.75 Å². The molecule has 0 aromatic carbocycles. The van der Waals surface area contributed by atoms with E-state index in [1.807, 2.05) is 0 Å². The molecular weight excluding hydrogens is 280 g/mol. The fourth-order valence-corrected chi connectivity index (χ4v) is 4.19. The molecule has 1 aromatic heterocycles. The van der Waals surface area contributed by atoms with E-state index in [1.165, 1.54) is 37.6 Å². The molecule has 0 saturated heterocycles. The van der Waals surface area contributed by atoms with Crippen molar-refractivity contribution in [3.8, 4) is 0 Å². The molecule has 108 valence electrons. The van der Waals surface area contributed by atoms with Crippen LogP contribution in [-0.2, 0) is 10.0 Å². The Labute approximate surface area is 119 Å². The number of nitrogens with one attached hydrogen (secondary N) is 2. The molecule has 0 aliphatic heterocycles. The SMILES string of the molecule is CNS(=O)(=O)CCNC(c1cccs1)C1CCCC1. The molecule has 1 fully saturated rings. The molecule has 0 bridgehead atoms. The predicted molar refractivity (Wildman–Crippen MR) is 79.9 cm³/mol. The molecule has 1 aliphatic carbocycles. The summed E-state index contributed by atoms with van der Waals surface area (Å²) >= 11 is 1.75. The second kappa shape index (κ2) is 6.83. The molecule has 0 spiro atoms. The quantitative estimate of drug-likeness (QED) is 0.811. The number of hydrogen-bond acceptors (Lipinski definition) is 4. The standard InChI is InChI=1S/C13H22N2O2S2/c1-14-19(16,17)10-8-15-13(11-5-2-3-6-11)12-7-4-9-18-12/h4,7,9,11,13-15H,2-3,5-6,8,10H2,1H3. The van der Waals surface area contributed by atoms with Crippen molar-refractivity contribution in [3.63, 3.8) is 0 Å². The summed E-state index contributed by atoms with van der Waals surface area (Å²) in [6.07, 6.45) is 5.08. The minimum absolute atomic E-state index is 0.137. The van der Waals surface area contributed by atoms with Crippen LogP contribution >= 0.6 is 11.3 Å². The van der Waals surface area contributed by atoms with Crippen LogP contribution in [0.3, 0.4) is 0 Å². The van der Waals surface area contributed by atoms with E-state index in [0.717, 1.165) is 0 Å². The topological polar surface area (TPSA) is 58.2 Å². The molecule has 1 saturated carbocycles. The molecule has 1 atom stereocenters. The van der Waals surface area contributed by atoms with Gasteiger partial charge in [0.15, 0.2) is 0 Å². The van der Waals surface area contributed by atoms with Crippen molar-refractivity contribution in [2.45, 2.75) is 31.7 Å². The lowest BCUT2D eigenvalue weighted by molar-refractivity contribution is 0.379. The molecule has 2 N–H and O–H groups in total. The van der Waals surface area contributed by atoms with E-state index < -0.39 is 10.0 Å². The van der Waals surface area contributed by atoms with Crippen LogP contribution in [-0.4, -0.2) is 27.8 Å². The lowest BCUT2D eigenvalue weighted by Crippen LogP contribution is -2.33. The van der Waals surface area contributed by atoms with Crippen molar-refractivity contribution < 1.29 is 8.42 Å². The summed E-state index contributed by atoms with van der Waals surface area (Å²) in [7, 11) is -1.66. The van der Waals surface area contributed by atoms with E-state index >= 15 is 0 Å². The summed E-state index contributed by atoms with van der Waals surface area (Å²) in [6.45, 7) is 0.502. The summed E-state index contributed by atoms with van der Waals surface area (Å²) in [6, 6.07) is 4.52. The Morgan fingerprint density at radius 3 is 2.74 bits per heavy atom. The molecule has 0 radical (unpaired) electrons. The van der Waals surface area contributed by atoms with E-state index in [9.17, 15) is 8.42 Å². The highest BCUT2D eigenvalue weighted by Crippen LogP contribution is 2.37. The van der Waals surface area contributed by atoms with Crippen LogP contribution < -0.4 is 10.0 Å². The fourth-order valence-electron chi connectivity index (χ4n) is 2.71. The van der Waals surface area contributed by atoms with Crippen molar-refractivity contribution >= 4 is 21.4 Å². The van der Waals surface area contributed by atoms with Crippen LogP contribution in [0.2, 0.25) is 0 Å². The molecule has 1 heterocycles. The molecular formula is C13H22N2O2S2. The first-order valence-corrected chi connectivity index (χ1v) is 9.33. The summed E-state index contributed by atoms with van der Waals surface area (Å²) in [5.74, 6) is 0.786. The number of sulfonamides is 1. The maximum absolute atomic E-state index is 11.4. The summed E-state index contributed by atoms with van der Waals surface area (Å²) in [4.78, 5) is 1.33. The first-order chi connectivity index (χ1) is 9.12. The van der Waals surface area contributed by atoms with Gasteiger partial charge in [-0.15, -0.1) is 11.3 Å². The Morgan fingerprint density at radius 2 is 2.16 bits per heavy atom. The van der Waals surface area contributed by atoms with Gasteiger partial charge in [0.1, 0.15) is 0 Å². The zero-order chi connectivity index (χ0) is 13.7. The van der Waals surface area contributed by atoms with Crippen molar-refractivity contribution in [2.24, 2.45) is 5.92 Å². The van der Waals surface area contributed by atoms with Gasteiger partial charge in [0.2, 0.25) is 10.0 Å². The maximum atomic E-state index is 11.4. The van der Waals surface area contributed by atoms with E-state index in [0.29, 0.717) is 18.5 Å². The molecule has 0 amide bonds. The monoisotopic (exact) mass is 302 g/mol. The second-order valence-corrected chi connectivity index (χ2v) is 8.04. The van der Waals surface area contributed by atoms with E-state index in [4.69, 9.17) is 0 Å². The Kier molecular flexibility index (Phi) is 5.38. The van der Waals surface area contributed by atoms with Gasteiger partial charge < -0.3 is 5.32 Å². The summed E-state index contributed by atoms with van der Waals surface area (Å²) in [5, 5.41) is 5.53. The van der Waals surface area contributed by atoms with Gasteiger partial charge in [0.05, 0.1) is 5.75 Å². The zero-order valence-electron chi connectivity index (χ0n) is 11.3. The van der Waals surface area contributed by atoms with E-state index in [2.05, 4.69) is 27.6 Å². The average Bonchev–Trinajstić information content (AvgIpc) is 3.07. The van der Waals surface area contributed by atoms with Crippen molar-refractivity contribution in [3.05, 3.63) is 22.4 Å². The van der Waals surface area contributed by atoms with Gasteiger partial charge in [-0.3, -0.25) is 0 Å². The average molecular weight is 302 g/mol. The third-order valence-electron chi connectivity index (χ3n) is 3.77. The Morgan fingerprint density at radius 1 is 1.42 bits per heavy atom. The molecule has 2 rings (SSSR count). The van der Waals surface area contributed by atoms with Gasteiger partial charge >= 0.3 is 0 Å². The minimum atomic E-state index is -3.12. The van der Waals surface area contributed by atoms with Crippen LogP contribution in [0.4, 0.5) is 0 Å². The van der Waals surface area contributed by atoms with Crippen LogP contribution in [0.1, 0.15) is 36.6 Å². The fraction of sp³-hybridized carbons (Fsp3) is 0.692. The molecule has 1 aliphatic rings. The van der Waals surface area contributed by atoms with Gasteiger partial charge in [-0.1, -0.05) is 18.9 Å². The van der Waals surface area contributed by atoms with Gasteiger partial charge in [0, 0.05) is 17.5 Å². The highest BCUT2D eigenvalue weighted by atomic mass is 32.2. The molecule has 19 heavy (non-hydrogen) atoms. The molecule has 4 nitrogen and oxygen atoms in total. The van der Waals surface area contributed by atoms with Crippen molar-refractivity contribution in [2.75, 3.05) is 19.3 Å². The van der Waals surface area contributed by atoms with E-state index in [1.54, 1.807) is 11.3 Å². The largest absolute Gasteiger partial charge is 0.308 e. The Bertz CT molecular complexity index is 465. The molecule has 1 aromatic rings. The second-order valence-electron chi connectivity index (χ2n) is 5.01. The van der Waals surface area contributed by atoms with Gasteiger partial charge in [0.25, 0.3) is 0 Å². The highest BCUT2D eigenvalue weighted by Gasteiger charge is 2.26. The summed E-state index contributed by atoms with van der Waals surface area (Å²) < 4.78 is 25.2.